The molecule has 1 N–H and O–H groups in total. The van der Waals surface area contributed by atoms with Gasteiger partial charge in [0.15, 0.2) is 5.78 Å². The van der Waals surface area contributed by atoms with Crippen molar-refractivity contribution in [3.63, 3.8) is 0 Å². The van der Waals surface area contributed by atoms with Crippen LogP contribution in [0.2, 0.25) is 0 Å². The number of pyridine rings is 1. The number of Topliss-reactive ketones (excluding diaryl/α,β-unsaturated/α-hetero) is 1. The Morgan fingerprint density at radius 3 is 2.56 bits per heavy atom. The molecule has 6 nitrogen and oxygen atoms in total. The molecule has 2 aliphatic heterocycles. The van der Waals surface area contributed by atoms with Gasteiger partial charge in [-0.2, -0.15) is 0 Å². The Labute approximate surface area is 148 Å². The third kappa shape index (κ3) is 3.68. The second-order valence-corrected chi connectivity index (χ2v) is 7.48. The molecule has 0 amide bonds. The third-order valence-corrected chi connectivity index (χ3v) is 5.70. The largest absolute Gasteiger partial charge is 0.480 e. The highest BCUT2D eigenvalue weighted by molar-refractivity contribution is 5.93. The first-order valence-corrected chi connectivity index (χ1v) is 9.13. The molecule has 6 heteroatoms. The number of aromatic nitrogens is 1. The van der Waals surface area contributed by atoms with Crippen molar-refractivity contribution in [3.05, 3.63) is 23.9 Å². The van der Waals surface area contributed by atoms with E-state index < -0.39 is 5.97 Å². The highest BCUT2D eigenvalue weighted by Gasteiger charge is 2.47. The number of piperidine rings is 1. The summed E-state index contributed by atoms with van der Waals surface area (Å²) >= 11 is 0. The van der Waals surface area contributed by atoms with Gasteiger partial charge in [0.2, 0.25) is 0 Å². The highest BCUT2D eigenvalue weighted by Crippen LogP contribution is 2.44. The van der Waals surface area contributed by atoms with Crippen molar-refractivity contribution in [1.29, 1.82) is 0 Å². The van der Waals surface area contributed by atoms with Gasteiger partial charge in [-0.1, -0.05) is 6.92 Å². The van der Waals surface area contributed by atoms with Crippen molar-refractivity contribution in [2.75, 3.05) is 31.1 Å². The van der Waals surface area contributed by atoms with Crippen molar-refractivity contribution in [1.82, 2.24) is 9.88 Å². The molecular weight excluding hydrogens is 318 g/mol. The Bertz CT molecular complexity index is 636. The Hall–Kier alpha value is -1.95. The smallest absolute Gasteiger partial charge is 0.320 e. The molecule has 0 aliphatic carbocycles. The summed E-state index contributed by atoms with van der Waals surface area (Å²) in [4.78, 5) is 31.8. The monoisotopic (exact) mass is 345 g/mol. The average Bonchev–Trinajstić information content (AvgIpc) is 2.94. The zero-order chi connectivity index (χ0) is 18.0. The predicted molar refractivity (Wildman–Crippen MR) is 96.0 cm³/mol. The Morgan fingerprint density at radius 1 is 1.32 bits per heavy atom. The van der Waals surface area contributed by atoms with Crippen molar-refractivity contribution in [2.24, 2.45) is 5.41 Å². The first-order valence-electron chi connectivity index (χ1n) is 9.13. The maximum Gasteiger partial charge on any atom is 0.320 e. The summed E-state index contributed by atoms with van der Waals surface area (Å²) in [5.74, 6) is 0.241. The van der Waals surface area contributed by atoms with Gasteiger partial charge in [0, 0.05) is 31.4 Å². The minimum Gasteiger partial charge on any atom is -0.480 e. The number of carboxylic acids is 1. The molecule has 25 heavy (non-hydrogen) atoms. The fraction of sp³-hybridized carbons (Fsp3) is 0.632. The Balaban J connectivity index is 1.65. The molecule has 0 radical (unpaired) electrons. The summed E-state index contributed by atoms with van der Waals surface area (Å²) in [5.41, 5.74) is 0.751. The zero-order valence-corrected chi connectivity index (χ0v) is 15.1. The quantitative estimate of drug-likeness (QED) is 0.826. The summed E-state index contributed by atoms with van der Waals surface area (Å²) in [6.45, 7) is 7.17. The number of carbonyl (C=O) groups excluding carboxylic acids is 1. The van der Waals surface area contributed by atoms with E-state index in [9.17, 15) is 14.7 Å². The van der Waals surface area contributed by atoms with Crippen LogP contribution in [-0.2, 0) is 4.79 Å². The van der Waals surface area contributed by atoms with Crippen LogP contribution < -0.4 is 4.90 Å². The second kappa shape index (κ2) is 7.12. The minimum absolute atomic E-state index is 0.0262. The van der Waals surface area contributed by atoms with Gasteiger partial charge in [0.05, 0.1) is 0 Å². The lowest BCUT2D eigenvalue weighted by molar-refractivity contribution is -0.142. The van der Waals surface area contributed by atoms with Crippen LogP contribution in [-0.4, -0.2) is 59.0 Å². The van der Waals surface area contributed by atoms with E-state index in [1.165, 1.54) is 0 Å². The lowest BCUT2D eigenvalue weighted by Gasteiger charge is -2.40. The van der Waals surface area contributed by atoms with Gasteiger partial charge in [-0.3, -0.25) is 14.5 Å². The summed E-state index contributed by atoms with van der Waals surface area (Å²) < 4.78 is 0. The average molecular weight is 345 g/mol. The van der Waals surface area contributed by atoms with Gasteiger partial charge < -0.3 is 10.0 Å². The second-order valence-electron chi connectivity index (χ2n) is 7.48. The minimum atomic E-state index is -0.686. The van der Waals surface area contributed by atoms with E-state index in [4.69, 9.17) is 0 Å². The fourth-order valence-corrected chi connectivity index (χ4v) is 4.26. The molecule has 1 aromatic rings. The summed E-state index contributed by atoms with van der Waals surface area (Å²) in [5, 5.41) is 9.54. The molecule has 3 rings (SSSR count). The normalized spacial score (nSPS) is 23.1. The topological polar surface area (TPSA) is 73.7 Å². The number of rotatable bonds is 5. The van der Waals surface area contributed by atoms with Gasteiger partial charge in [0.25, 0.3) is 0 Å². The third-order valence-electron chi connectivity index (χ3n) is 5.70. The molecule has 0 unspecified atom stereocenters. The molecule has 0 bridgehead atoms. The molecule has 2 aliphatic rings. The molecule has 1 spiro atoms. The molecule has 2 saturated heterocycles. The van der Waals surface area contributed by atoms with Crippen LogP contribution in [0.15, 0.2) is 18.3 Å². The first-order chi connectivity index (χ1) is 11.9. The van der Waals surface area contributed by atoms with Crippen LogP contribution in [0.25, 0.3) is 0 Å². The molecule has 1 aromatic heterocycles. The summed E-state index contributed by atoms with van der Waals surface area (Å²) in [7, 11) is 0. The van der Waals surface area contributed by atoms with Crippen molar-refractivity contribution in [2.45, 2.75) is 45.6 Å². The van der Waals surface area contributed by atoms with Gasteiger partial charge in [-0.25, -0.2) is 4.98 Å². The number of ketones is 1. The summed E-state index contributed by atoms with van der Waals surface area (Å²) in [6.07, 6.45) is 5.37. The van der Waals surface area contributed by atoms with Crippen LogP contribution in [0, 0.1) is 5.41 Å². The molecule has 3 heterocycles. The van der Waals surface area contributed by atoms with E-state index in [1.807, 2.05) is 12.1 Å². The first kappa shape index (κ1) is 17.9. The van der Waals surface area contributed by atoms with Crippen LogP contribution >= 0.6 is 0 Å². The Morgan fingerprint density at radius 2 is 2.04 bits per heavy atom. The molecule has 1 atom stereocenters. The maximum absolute atomic E-state index is 11.6. The SMILES string of the molecule is CCCN1CC2(CCN(c3ccc(C(C)=O)cn3)CC2)C[C@@H]1C(=O)O. The number of carboxylic acid groups (broad SMARTS) is 1. The fourth-order valence-electron chi connectivity index (χ4n) is 4.26. The summed E-state index contributed by atoms with van der Waals surface area (Å²) in [6, 6.07) is 3.40. The number of likely N-dealkylation sites (tertiary alicyclic amines) is 1. The van der Waals surface area contributed by atoms with Gasteiger partial charge >= 0.3 is 5.97 Å². The highest BCUT2D eigenvalue weighted by atomic mass is 16.4. The van der Waals surface area contributed by atoms with Gasteiger partial charge in [0.1, 0.15) is 11.9 Å². The predicted octanol–water partition coefficient (Wildman–Crippen LogP) is 2.44. The van der Waals surface area contributed by atoms with E-state index in [2.05, 4.69) is 21.7 Å². The van der Waals surface area contributed by atoms with Crippen LogP contribution in [0.1, 0.15) is 49.9 Å². The van der Waals surface area contributed by atoms with Gasteiger partial charge in [-0.15, -0.1) is 0 Å². The standard InChI is InChI=1S/C19H27N3O3/c1-3-8-22-13-19(11-16(22)18(24)25)6-9-21(10-7-19)17-5-4-15(12-20-17)14(2)23/h4-5,12,16H,3,6-11,13H2,1-2H3,(H,24,25)/t16-/m1/s1. The number of aliphatic carboxylic acids is 1. The number of hydrogen-bond acceptors (Lipinski definition) is 5. The van der Waals surface area contributed by atoms with Crippen LogP contribution in [0.3, 0.4) is 0 Å². The van der Waals surface area contributed by atoms with Crippen LogP contribution in [0.5, 0.6) is 0 Å². The number of carbonyl (C=O) groups is 2. The van der Waals surface area contributed by atoms with E-state index in [1.54, 1.807) is 13.1 Å². The Kier molecular flexibility index (Phi) is 5.08. The molecule has 2 fully saturated rings. The zero-order valence-electron chi connectivity index (χ0n) is 15.1. The maximum atomic E-state index is 11.6. The van der Waals surface area contributed by atoms with Crippen molar-refractivity contribution >= 4 is 17.6 Å². The van der Waals surface area contributed by atoms with Crippen molar-refractivity contribution in [3.8, 4) is 0 Å². The van der Waals surface area contributed by atoms with E-state index in [0.717, 1.165) is 57.7 Å². The number of nitrogens with zero attached hydrogens (tertiary/aromatic N) is 3. The molecular formula is C19H27N3O3. The van der Waals surface area contributed by atoms with E-state index >= 15 is 0 Å². The molecule has 136 valence electrons. The molecule has 0 saturated carbocycles. The van der Waals surface area contributed by atoms with E-state index in [-0.39, 0.29) is 17.2 Å². The lowest BCUT2D eigenvalue weighted by Crippen LogP contribution is -2.42. The number of hydrogen-bond donors (Lipinski definition) is 1. The van der Waals surface area contributed by atoms with E-state index in [0.29, 0.717) is 5.56 Å². The number of anilines is 1. The van der Waals surface area contributed by atoms with Gasteiger partial charge in [-0.05, 0) is 56.7 Å². The lowest BCUT2D eigenvalue weighted by atomic mass is 9.76. The van der Waals surface area contributed by atoms with Crippen molar-refractivity contribution < 1.29 is 14.7 Å². The van der Waals surface area contributed by atoms with Crippen LogP contribution in [0.4, 0.5) is 5.82 Å². The molecule has 0 aromatic carbocycles.